The molecule has 0 aromatic carbocycles. The van der Waals surface area contributed by atoms with Crippen molar-refractivity contribution in [1.82, 2.24) is 10.2 Å². The van der Waals surface area contributed by atoms with Crippen molar-refractivity contribution in [3.8, 4) is 0 Å². The number of furan rings is 1. The standard InChI is InChI=1S/C12H16N2O3/c1-3-4-7-14-10(15)12(2,13-11(14)16)9-6-5-8-17-9/h5-6,8H,3-4,7H2,1-2H3,(H,13,16). The van der Waals surface area contributed by atoms with Crippen molar-refractivity contribution >= 4 is 11.9 Å². The van der Waals surface area contributed by atoms with E-state index in [1.54, 1.807) is 19.1 Å². The van der Waals surface area contributed by atoms with Crippen LogP contribution in [0.5, 0.6) is 0 Å². The van der Waals surface area contributed by atoms with Gasteiger partial charge in [0.1, 0.15) is 5.76 Å². The number of hydrogen-bond acceptors (Lipinski definition) is 3. The monoisotopic (exact) mass is 236 g/mol. The highest BCUT2D eigenvalue weighted by molar-refractivity contribution is 6.06. The van der Waals surface area contributed by atoms with Gasteiger partial charge in [-0.2, -0.15) is 0 Å². The highest BCUT2D eigenvalue weighted by Crippen LogP contribution is 2.29. The van der Waals surface area contributed by atoms with Crippen LogP contribution in [0.2, 0.25) is 0 Å². The van der Waals surface area contributed by atoms with Gasteiger partial charge >= 0.3 is 6.03 Å². The summed E-state index contributed by atoms with van der Waals surface area (Å²) in [7, 11) is 0. The lowest BCUT2D eigenvalue weighted by molar-refractivity contribution is -0.131. The van der Waals surface area contributed by atoms with Crippen LogP contribution in [0.15, 0.2) is 22.8 Å². The molecule has 1 N–H and O–H groups in total. The zero-order chi connectivity index (χ0) is 12.5. The quantitative estimate of drug-likeness (QED) is 0.811. The molecule has 0 spiro atoms. The zero-order valence-electron chi connectivity index (χ0n) is 10.0. The number of nitrogens with one attached hydrogen (secondary N) is 1. The van der Waals surface area contributed by atoms with Gasteiger partial charge in [-0.1, -0.05) is 13.3 Å². The molecule has 1 fully saturated rings. The van der Waals surface area contributed by atoms with Gasteiger partial charge < -0.3 is 9.73 Å². The van der Waals surface area contributed by atoms with Crippen LogP contribution in [0.1, 0.15) is 32.4 Å². The molecule has 0 bridgehead atoms. The molecule has 3 amide bonds. The fraction of sp³-hybridized carbons (Fsp3) is 0.500. The van der Waals surface area contributed by atoms with E-state index in [0.29, 0.717) is 12.3 Å². The first-order chi connectivity index (χ1) is 8.09. The van der Waals surface area contributed by atoms with Crippen LogP contribution in [0.3, 0.4) is 0 Å². The van der Waals surface area contributed by atoms with Gasteiger partial charge in [0, 0.05) is 6.54 Å². The zero-order valence-corrected chi connectivity index (χ0v) is 10.0. The van der Waals surface area contributed by atoms with E-state index in [2.05, 4.69) is 5.32 Å². The Bertz CT molecular complexity index is 427. The van der Waals surface area contributed by atoms with Crippen molar-refractivity contribution in [2.45, 2.75) is 32.2 Å². The Labute approximate surface area is 99.8 Å². The summed E-state index contributed by atoms with van der Waals surface area (Å²) >= 11 is 0. The predicted octanol–water partition coefficient (Wildman–Crippen LogP) is 1.85. The maximum absolute atomic E-state index is 12.2. The lowest BCUT2D eigenvalue weighted by Gasteiger charge is -2.18. The first-order valence-electron chi connectivity index (χ1n) is 5.77. The molecule has 1 atom stereocenters. The normalized spacial score (nSPS) is 24.2. The molecule has 17 heavy (non-hydrogen) atoms. The lowest BCUT2D eigenvalue weighted by atomic mass is 9.99. The summed E-state index contributed by atoms with van der Waals surface area (Å²) in [5, 5.41) is 2.69. The van der Waals surface area contributed by atoms with E-state index in [1.807, 2.05) is 6.92 Å². The van der Waals surface area contributed by atoms with Crippen LogP contribution in [0, 0.1) is 0 Å². The van der Waals surface area contributed by atoms with E-state index in [9.17, 15) is 9.59 Å². The van der Waals surface area contributed by atoms with Crippen LogP contribution in [-0.4, -0.2) is 23.4 Å². The number of nitrogens with zero attached hydrogens (tertiary/aromatic N) is 1. The number of carbonyl (C=O) groups is 2. The molecule has 1 aromatic rings. The first-order valence-corrected chi connectivity index (χ1v) is 5.77. The molecule has 0 aliphatic carbocycles. The van der Waals surface area contributed by atoms with Gasteiger partial charge in [-0.25, -0.2) is 4.79 Å². The Kier molecular flexibility index (Phi) is 2.92. The molecule has 1 unspecified atom stereocenters. The Hall–Kier alpha value is -1.78. The second-order valence-corrected chi connectivity index (χ2v) is 4.34. The number of urea groups is 1. The molecule has 2 rings (SSSR count). The minimum Gasteiger partial charge on any atom is -0.466 e. The first kappa shape index (κ1) is 11.7. The predicted molar refractivity (Wildman–Crippen MR) is 61.2 cm³/mol. The third kappa shape index (κ3) is 1.81. The average molecular weight is 236 g/mol. The summed E-state index contributed by atoms with van der Waals surface area (Å²) < 4.78 is 5.23. The van der Waals surface area contributed by atoms with E-state index < -0.39 is 5.54 Å². The van der Waals surface area contributed by atoms with E-state index in [0.717, 1.165) is 12.8 Å². The highest BCUT2D eigenvalue weighted by Gasteiger charge is 2.50. The third-order valence-electron chi connectivity index (χ3n) is 3.02. The smallest absolute Gasteiger partial charge is 0.325 e. The number of hydrogen-bond donors (Lipinski definition) is 1. The molecular weight excluding hydrogens is 220 g/mol. The maximum atomic E-state index is 12.2. The molecule has 5 heteroatoms. The molecule has 2 heterocycles. The summed E-state index contributed by atoms with van der Waals surface area (Å²) in [6, 6.07) is 3.05. The Balaban J connectivity index is 2.23. The van der Waals surface area contributed by atoms with Gasteiger partial charge in [0.05, 0.1) is 6.26 Å². The highest BCUT2D eigenvalue weighted by atomic mass is 16.3. The van der Waals surface area contributed by atoms with E-state index in [-0.39, 0.29) is 11.9 Å². The van der Waals surface area contributed by atoms with Crippen molar-refractivity contribution < 1.29 is 14.0 Å². The van der Waals surface area contributed by atoms with Crippen LogP contribution in [-0.2, 0) is 10.3 Å². The van der Waals surface area contributed by atoms with Gasteiger partial charge in [-0.05, 0) is 25.5 Å². The molecule has 0 radical (unpaired) electrons. The summed E-state index contributed by atoms with van der Waals surface area (Å²) in [4.78, 5) is 25.2. The maximum Gasteiger partial charge on any atom is 0.325 e. The van der Waals surface area contributed by atoms with Gasteiger partial charge in [-0.3, -0.25) is 9.69 Å². The number of amides is 3. The Morgan fingerprint density at radius 2 is 2.24 bits per heavy atom. The van der Waals surface area contributed by atoms with Crippen molar-refractivity contribution in [3.05, 3.63) is 24.2 Å². The van der Waals surface area contributed by atoms with Crippen molar-refractivity contribution in [1.29, 1.82) is 0 Å². The van der Waals surface area contributed by atoms with Crippen LogP contribution in [0.25, 0.3) is 0 Å². The van der Waals surface area contributed by atoms with E-state index in [1.165, 1.54) is 11.2 Å². The van der Waals surface area contributed by atoms with Crippen LogP contribution >= 0.6 is 0 Å². The summed E-state index contributed by atoms with van der Waals surface area (Å²) in [6.07, 6.45) is 3.25. The van der Waals surface area contributed by atoms with E-state index >= 15 is 0 Å². The largest absolute Gasteiger partial charge is 0.466 e. The second-order valence-electron chi connectivity index (χ2n) is 4.34. The number of rotatable bonds is 4. The summed E-state index contributed by atoms with van der Waals surface area (Å²) in [6.45, 7) is 4.14. The average Bonchev–Trinajstić information content (AvgIpc) is 2.88. The van der Waals surface area contributed by atoms with Crippen molar-refractivity contribution in [2.24, 2.45) is 0 Å². The molecule has 5 nitrogen and oxygen atoms in total. The van der Waals surface area contributed by atoms with Crippen LogP contribution < -0.4 is 5.32 Å². The molecule has 1 saturated heterocycles. The molecule has 0 saturated carbocycles. The Morgan fingerprint density at radius 3 is 2.82 bits per heavy atom. The minimum absolute atomic E-state index is 0.245. The van der Waals surface area contributed by atoms with Crippen molar-refractivity contribution in [3.63, 3.8) is 0 Å². The number of carbonyl (C=O) groups excluding carboxylic acids is 2. The van der Waals surface area contributed by atoms with Crippen LogP contribution in [0.4, 0.5) is 4.79 Å². The topological polar surface area (TPSA) is 62.6 Å². The lowest BCUT2D eigenvalue weighted by Crippen LogP contribution is -2.40. The number of imide groups is 1. The van der Waals surface area contributed by atoms with Crippen molar-refractivity contribution in [2.75, 3.05) is 6.54 Å². The van der Waals surface area contributed by atoms with Gasteiger partial charge in [0.25, 0.3) is 5.91 Å². The summed E-state index contributed by atoms with van der Waals surface area (Å²) in [5.74, 6) is 0.223. The summed E-state index contributed by atoms with van der Waals surface area (Å²) in [5.41, 5.74) is -1.06. The minimum atomic E-state index is -1.06. The molecule has 92 valence electrons. The molecule has 1 aromatic heterocycles. The fourth-order valence-electron chi connectivity index (χ4n) is 1.95. The van der Waals surface area contributed by atoms with Gasteiger partial charge in [0.15, 0.2) is 5.54 Å². The second kappa shape index (κ2) is 4.24. The third-order valence-corrected chi connectivity index (χ3v) is 3.02. The molecule has 1 aliphatic heterocycles. The molecule has 1 aliphatic rings. The van der Waals surface area contributed by atoms with E-state index in [4.69, 9.17) is 4.42 Å². The fourth-order valence-corrected chi connectivity index (χ4v) is 1.95. The van der Waals surface area contributed by atoms with Gasteiger partial charge in [-0.15, -0.1) is 0 Å². The Morgan fingerprint density at radius 1 is 1.47 bits per heavy atom. The van der Waals surface area contributed by atoms with Gasteiger partial charge in [0.2, 0.25) is 0 Å². The molecular formula is C12H16N2O3. The number of unbranched alkanes of at least 4 members (excludes halogenated alkanes) is 1. The SMILES string of the molecule is CCCCN1C(=O)NC(C)(c2ccco2)C1=O.